The average molecular weight is 595 g/mol. The van der Waals surface area contributed by atoms with Crippen molar-refractivity contribution in [2.45, 2.75) is 134 Å². The van der Waals surface area contributed by atoms with Crippen LogP contribution in [0.4, 0.5) is 0 Å². The highest BCUT2D eigenvalue weighted by atomic mass is 16.6. The summed E-state index contributed by atoms with van der Waals surface area (Å²) < 4.78 is 43.4. The summed E-state index contributed by atoms with van der Waals surface area (Å²) in [5, 5.41) is 9.81. The molecular weight excluding hydrogens is 536 g/mol. The number of hydrogen-bond acceptors (Lipinski definition) is 8. The van der Waals surface area contributed by atoms with Crippen molar-refractivity contribution in [2.75, 3.05) is 52.9 Å². The fourth-order valence-corrected chi connectivity index (χ4v) is 7.82. The van der Waals surface area contributed by atoms with Crippen LogP contribution in [0.3, 0.4) is 0 Å². The van der Waals surface area contributed by atoms with E-state index < -0.39 is 0 Å². The molecule has 42 heavy (non-hydrogen) atoms. The second kappa shape index (κ2) is 14.8. The van der Waals surface area contributed by atoms with E-state index in [0.717, 1.165) is 58.3 Å². The van der Waals surface area contributed by atoms with Crippen LogP contribution in [0.5, 0.6) is 0 Å². The van der Waals surface area contributed by atoms with Gasteiger partial charge in [-0.2, -0.15) is 0 Å². The lowest BCUT2D eigenvalue weighted by Gasteiger charge is -2.35. The Balaban J connectivity index is 1.05. The topological polar surface area (TPSA) is 94.7 Å². The number of epoxide rings is 3. The molecule has 0 bridgehead atoms. The van der Waals surface area contributed by atoms with E-state index in [-0.39, 0.29) is 11.5 Å². The maximum absolute atomic E-state index is 9.81. The van der Waals surface area contributed by atoms with Crippen molar-refractivity contribution in [3.8, 4) is 0 Å². The second-order valence-electron chi connectivity index (χ2n) is 14.9. The van der Waals surface area contributed by atoms with Gasteiger partial charge >= 0.3 is 0 Å². The maximum Gasteiger partial charge on any atom is 0.0845 e. The first-order chi connectivity index (χ1) is 20.5. The van der Waals surface area contributed by atoms with Crippen LogP contribution in [0, 0.1) is 29.1 Å². The molecule has 8 nitrogen and oxygen atoms in total. The monoisotopic (exact) mass is 594 g/mol. The van der Waals surface area contributed by atoms with Crippen LogP contribution in [0.15, 0.2) is 0 Å². The molecule has 8 heteroatoms. The van der Waals surface area contributed by atoms with Crippen molar-refractivity contribution in [3.63, 3.8) is 0 Å². The zero-order valence-electron chi connectivity index (χ0n) is 26.3. The van der Waals surface area contributed by atoms with Gasteiger partial charge in [0, 0.05) is 26.4 Å². The normalized spacial score (nSPS) is 39.4. The van der Waals surface area contributed by atoms with Crippen LogP contribution >= 0.6 is 0 Å². The Hall–Kier alpha value is -0.320. The lowest BCUT2D eigenvalue weighted by atomic mass is 9.88. The predicted octanol–water partition coefficient (Wildman–Crippen LogP) is 4.93. The number of aliphatic hydroxyl groups is 1. The summed E-state index contributed by atoms with van der Waals surface area (Å²) in [7, 11) is 0. The fraction of sp³-hybridized carbons (Fsp3) is 1.00. The molecule has 3 aliphatic heterocycles. The van der Waals surface area contributed by atoms with Gasteiger partial charge in [-0.1, -0.05) is 13.3 Å². The zero-order chi connectivity index (χ0) is 28.9. The smallest absolute Gasteiger partial charge is 0.0845 e. The van der Waals surface area contributed by atoms with Crippen LogP contribution in [0.25, 0.3) is 0 Å². The Morgan fingerprint density at radius 2 is 1.05 bits per heavy atom. The molecule has 0 aromatic rings. The highest BCUT2D eigenvalue weighted by molar-refractivity contribution is 4.94. The molecule has 6 fully saturated rings. The van der Waals surface area contributed by atoms with E-state index in [1.807, 2.05) is 6.92 Å². The van der Waals surface area contributed by atoms with Gasteiger partial charge in [0.25, 0.3) is 0 Å². The lowest BCUT2D eigenvalue weighted by molar-refractivity contribution is -0.121. The number of aliphatic hydroxyl groups excluding tert-OH is 1. The quantitative estimate of drug-likeness (QED) is 0.198. The Bertz CT molecular complexity index is 740. The van der Waals surface area contributed by atoms with E-state index >= 15 is 0 Å². The largest absolute Gasteiger partial charge is 0.393 e. The predicted molar refractivity (Wildman–Crippen MR) is 158 cm³/mol. The van der Waals surface area contributed by atoms with E-state index in [0.29, 0.717) is 93.3 Å². The summed E-state index contributed by atoms with van der Waals surface area (Å²) in [6.45, 7) is 9.40. The Morgan fingerprint density at radius 3 is 1.43 bits per heavy atom. The molecule has 0 radical (unpaired) electrons. The van der Waals surface area contributed by atoms with E-state index in [1.165, 1.54) is 38.5 Å². The van der Waals surface area contributed by atoms with Gasteiger partial charge in [-0.15, -0.1) is 0 Å². The third kappa shape index (κ3) is 9.35. The first kappa shape index (κ1) is 31.7. The van der Waals surface area contributed by atoms with E-state index in [4.69, 9.17) is 33.2 Å². The maximum atomic E-state index is 9.81. The molecule has 3 saturated carbocycles. The molecule has 6 rings (SSSR count). The summed E-state index contributed by atoms with van der Waals surface area (Å²) in [6.07, 6.45) is 16.0. The molecule has 242 valence electrons. The molecule has 11 atom stereocenters. The van der Waals surface area contributed by atoms with Gasteiger partial charge in [0.15, 0.2) is 0 Å². The third-order valence-electron chi connectivity index (χ3n) is 11.0. The van der Waals surface area contributed by atoms with Gasteiger partial charge in [0.1, 0.15) is 0 Å². The van der Waals surface area contributed by atoms with Crippen molar-refractivity contribution in [3.05, 3.63) is 0 Å². The SMILES string of the molecule is CCC(CCC(C)O)COCC(COCC1CCC2OC2C1)(COCC1CCC2OC2C1)COCC1CCC2OC2C1. The van der Waals surface area contributed by atoms with Crippen molar-refractivity contribution in [1.29, 1.82) is 0 Å². The van der Waals surface area contributed by atoms with Crippen molar-refractivity contribution in [2.24, 2.45) is 29.1 Å². The van der Waals surface area contributed by atoms with Crippen LogP contribution < -0.4 is 0 Å². The third-order valence-corrected chi connectivity index (χ3v) is 11.0. The molecule has 3 aliphatic carbocycles. The fourth-order valence-electron chi connectivity index (χ4n) is 7.82. The molecule has 11 unspecified atom stereocenters. The number of ether oxygens (including phenoxy) is 7. The summed E-state index contributed by atoms with van der Waals surface area (Å²) in [5.41, 5.74) is -0.351. The minimum Gasteiger partial charge on any atom is -0.393 e. The molecule has 0 spiro atoms. The summed E-state index contributed by atoms with van der Waals surface area (Å²) in [5.74, 6) is 2.15. The zero-order valence-corrected chi connectivity index (χ0v) is 26.3. The molecule has 3 heterocycles. The van der Waals surface area contributed by atoms with E-state index in [9.17, 15) is 5.11 Å². The molecule has 3 saturated heterocycles. The van der Waals surface area contributed by atoms with Gasteiger partial charge in [-0.25, -0.2) is 0 Å². The van der Waals surface area contributed by atoms with E-state index in [1.54, 1.807) is 0 Å². The second-order valence-corrected chi connectivity index (χ2v) is 14.9. The summed E-state index contributed by atoms with van der Waals surface area (Å²) in [6, 6.07) is 0. The molecule has 0 aromatic heterocycles. The average Bonchev–Trinajstić information content (AvgIpc) is 3.87. The summed E-state index contributed by atoms with van der Waals surface area (Å²) >= 11 is 0. The minimum atomic E-state index is -0.351. The molecule has 6 aliphatic rings. The van der Waals surface area contributed by atoms with Gasteiger partial charge in [0.2, 0.25) is 0 Å². The molecule has 1 N–H and O–H groups in total. The van der Waals surface area contributed by atoms with E-state index in [2.05, 4.69) is 6.92 Å². The highest BCUT2D eigenvalue weighted by Gasteiger charge is 2.46. The van der Waals surface area contributed by atoms with Crippen molar-refractivity contribution < 1.29 is 38.3 Å². The van der Waals surface area contributed by atoms with Crippen LogP contribution in [0.1, 0.15) is 90.9 Å². The van der Waals surface area contributed by atoms with Gasteiger partial charge in [0.05, 0.1) is 74.6 Å². The standard InChI is InChI=1S/C34H58O8/c1-3-24(5-4-23(2)35)15-36-19-34(20-37-16-25-6-9-28-31(12-25)40-28,21-38-17-26-7-10-29-32(13-26)41-29)22-39-18-27-8-11-30-33(14-27)42-30/h23-33,35H,3-22H2,1-2H3. The van der Waals surface area contributed by atoms with Crippen LogP contribution in [0.2, 0.25) is 0 Å². The molecule has 0 amide bonds. The minimum absolute atomic E-state index is 0.267. The summed E-state index contributed by atoms with van der Waals surface area (Å²) in [4.78, 5) is 0. The number of hydrogen-bond donors (Lipinski definition) is 1. The lowest BCUT2D eigenvalue weighted by Crippen LogP contribution is -2.43. The first-order valence-electron chi connectivity index (χ1n) is 17.4. The number of rotatable bonds is 20. The Morgan fingerprint density at radius 1 is 0.619 bits per heavy atom. The van der Waals surface area contributed by atoms with Gasteiger partial charge in [-0.3, -0.25) is 0 Å². The van der Waals surface area contributed by atoms with Gasteiger partial charge in [-0.05, 0) is 101 Å². The van der Waals surface area contributed by atoms with Gasteiger partial charge < -0.3 is 38.3 Å². The van der Waals surface area contributed by atoms with Crippen molar-refractivity contribution >= 4 is 0 Å². The highest BCUT2D eigenvalue weighted by Crippen LogP contribution is 2.41. The Kier molecular flexibility index (Phi) is 11.2. The Labute approximate surface area is 253 Å². The van der Waals surface area contributed by atoms with Crippen LogP contribution in [-0.4, -0.2) is 101 Å². The van der Waals surface area contributed by atoms with Crippen molar-refractivity contribution in [1.82, 2.24) is 0 Å². The number of fused-ring (bicyclic) bond motifs is 3. The first-order valence-corrected chi connectivity index (χ1v) is 17.4. The van der Waals surface area contributed by atoms with Crippen LogP contribution in [-0.2, 0) is 33.2 Å². The molecular formula is C34H58O8. The molecule has 0 aromatic carbocycles.